The van der Waals surface area contributed by atoms with Gasteiger partial charge in [0.15, 0.2) is 0 Å². The third-order valence-corrected chi connectivity index (χ3v) is 4.46. The van der Waals surface area contributed by atoms with Gasteiger partial charge in [0.2, 0.25) is 11.8 Å². The zero-order valence-electron chi connectivity index (χ0n) is 16.6. The number of carbonyl (C=O) groups is 2. The van der Waals surface area contributed by atoms with Gasteiger partial charge in [-0.25, -0.2) is 0 Å². The van der Waals surface area contributed by atoms with Crippen molar-refractivity contribution in [2.45, 2.75) is 78.1 Å². The highest BCUT2D eigenvalue weighted by Gasteiger charge is 2.05. The van der Waals surface area contributed by atoms with Crippen molar-refractivity contribution in [3.8, 4) is 0 Å². The second-order valence-electron chi connectivity index (χ2n) is 6.99. The maximum atomic E-state index is 11.9. The van der Waals surface area contributed by atoms with Crippen LogP contribution in [0.25, 0.3) is 0 Å². The minimum atomic E-state index is 0.0686. The predicted octanol–water partition coefficient (Wildman–Crippen LogP) is 4.16. The summed E-state index contributed by atoms with van der Waals surface area (Å²) < 4.78 is 0. The van der Waals surface area contributed by atoms with E-state index in [2.05, 4.69) is 24.5 Å². The first-order valence-corrected chi connectivity index (χ1v) is 10.3. The lowest BCUT2D eigenvalue weighted by molar-refractivity contribution is -0.121. The first-order valence-electron chi connectivity index (χ1n) is 10.3. The van der Waals surface area contributed by atoms with Gasteiger partial charge < -0.3 is 10.6 Å². The van der Waals surface area contributed by atoms with Gasteiger partial charge in [-0.3, -0.25) is 9.59 Å². The number of rotatable bonds is 14. The van der Waals surface area contributed by atoms with Crippen LogP contribution in [0.15, 0.2) is 24.3 Å². The lowest BCUT2D eigenvalue weighted by Gasteiger charge is -2.07. The van der Waals surface area contributed by atoms with Crippen LogP contribution in [0.4, 0.5) is 0 Å². The summed E-state index contributed by atoms with van der Waals surface area (Å²) in [6.07, 6.45) is 10.1. The molecule has 0 saturated heterocycles. The second kappa shape index (κ2) is 14.3. The Hall–Kier alpha value is -1.84. The van der Waals surface area contributed by atoms with Crippen molar-refractivity contribution in [1.82, 2.24) is 10.6 Å². The maximum Gasteiger partial charge on any atom is 0.224 e. The third kappa shape index (κ3) is 10.9. The minimum absolute atomic E-state index is 0.0686. The molecule has 146 valence electrons. The molecule has 0 spiro atoms. The Bertz CT molecular complexity index is 464. The summed E-state index contributed by atoms with van der Waals surface area (Å²) in [5, 5.41) is 5.94. The van der Waals surface area contributed by atoms with E-state index < -0.39 is 0 Å². The molecule has 0 aliphatic rings. The van der Waals surface area contributed by atoms with Gasteiger partial charge in [-0.1, -0.05) is 76.6 Å². The minimum Gasteiger partial charge on any atom is -0.356 e. The number of carbonyl (C=O) groups excluding carboxylic acids is 2. The van der Waals surface area contributed by atoms with Crippen molar-refractivity contribution in [3.05, 3.63) is 35.4 Å². The number of hydrogen-bond acceptors (Lipinski definition) is 2. The monoisotopic (exact) mass is 360 g/mol. The molecular formula is C22H36N2O2. The third-order valence-electron chi connectivity index (χ3n) is 4.46. The number of nitrogens with one attached hydrogen (secondary N) is 2. The lowest BCUT2D eigenvalue weighted by atomic mass is 10.1. The van der Waals surface area contributed by atoms with Gasteiger partial charge in [-0.15, -0.1) is 0 Å². The van der Waals surface area contributed by atoms with E-state index in [0.717, 1.165) is 37.1 Å². The molecule has 2 amide bonds. The van der Waals surface area contributed by atoms with Crippen LogP contribution < -0.4 is 10.6 Å². The van der Waals surface area contributed by atoms with Crippen LogP contribution >= 0.6 is 0 Å². The average Bonchev–Trinajstić information content (AvgIpc) is 2.63. The molecule has 0 aliphatic carbocycles. The topological polar surface area (TPSA) is 58.2 Å². The molecule has 26 heavy (non-hydrogen) atoms. The van der Waals surface area contributed by atoms with E-state index in [0.29, 0.717) is 12.8 Å². The normalized spacial score (nSPS) is 10.5. The zero-order chi connectivity index (χ0) is 19.0. The molecule has 0 atom stereocenters. The van der Waals surface area contributed by atoms with E-state index >= 15 is 0 Å². The van der Waals surface area contributed by atoms with E-state index in [1.165, 1.54) is 38.5 Å². The van der Waals surface area contributed by atoms with Crippen LogP contribution in [0.1, 0.15) is 76.3 Å². The summed E-state index contributed by atoms with van der Waals surface area (Å²) in [6.45, 7) is 5.88. The highest BCUT2D eigenvalue weighted by molar-refractivity contribution is 5.79. The summed E-state index contributed by atoms with van der Waals surface area (Å²) in [4.78, 5) is 23.9. The molecule has 0 fully saturated rings. The smallest absolute Gasteiger partial charge is 0.224 e. The van der Waals surface area contributed by atoms with E-state index in [-0.39, 0.29) is 11.8 Å². The summed E-state index contributed by atoms with van der Waals surface area (Å²) in [5.74, 6) is 0.137. The van der Waals surface area contributed by atoms with Gasteiger partial charge >= 0.3 is 0 Å². The molecule has 4 nitrogen and oxygen atoms in total. The molecule has 0 unspecified atom stereocenters. The van der Waals surface area contributed by atoms with Crippen molar-refractivity contribution in [2.75, 3.05) is 13.1 Å². The Labute approximate surface area is 159 Å². The highest BCUT2D eigenvalue weighted by Crippen LogP contribution is 2.07. The Balaban J connectivity index is 2.23. The van der Waals surface area contributed by atoms with Crippen molar-refractivity contribution in [1.29, 1.82) is 0 Å². The first kappa shape index (κ1) is 22.2. The van der Waals surface area contributed by atoms with Crippen LogP contribution in [-0.2, 0) is 22.4 Å². The Morgan fingerprint density at radius 3 is 1.38 bits per heavy atom. The van der Waals surface area contributed by atoms with Gasteiger partial charge in [-0.2, -0.15) is 0 Å². The SMILES string of the molecule is CCCCCCNC(=O)Cc1ccc(CC(=O)NCCCCCC)cc1. The van der Waals surface area contributed by atoms with Gasteiger partial charge in [0, 0.05) is 13.1 Å². The molecule has 0 aromatic heterocycles. The first-order chi connectivity index (χ1) is 12.7. The summed E-state index contributed by atoms with van der Waals surface area (Å²) >= 11 is 0. The lowest BCUT2D eigenvalue weighted by Crippen LogP contribution is -2.26. The Morgan fingerprint density at radius 1 is 0.654 bits per heavy atom. The van der Waals surface area contributed by atoms with E-state index in [9.17, 15) is 9.59 Å². The quantitative estimate of drug-likeness (QED) is 0.489. The van der Waals surface area contributed by atoms with E-state index in [1.807, 2.05) is 24.3 Å². The molecule has 0 saturated carbocycles. The van der Waals surface area contributed by atoms with Gasteiger partial charge in [0.1, 0.15) is 0 Å². The van der Waals surface area contributed by atoms with Crippen molar-refractivity contribution in [3.63, 3.8) is 0 Å². The van der Waals surface area contributed by atoms with Crippen LogP contribution in [0.2, 0.25) is 0 Å². The summed E-state index contributed by atoms with van der Waals surface area (Å²) in [7, 11) is 0. The maximum absolute atomic E-state index is 11.9. The summed E-state index contributed by atoms with van der Waals surface area (Å²) in [6, 6.07) is 7.78. The fourth-order valence-corrected chi connectivity index (χ4v) is 2.83. The van der Waals surface area contributed by atoms with Crippen LogP contribution in [0, 0.1) is 0 Å². The second-order valence-corrected chi connectivity index (χ2v) is 6.99. The molecule has 0 radical (unpaired) electrons. The van der Waals surface area contributed by atoms with Crippen molar-refractivity contribution >= 4 is 11.8 Å². The Morgan fingerprint density at radius 2 is 1.04 bits per heavy atom. The highest BCUT2D eigenvalue weighted by atomic mass is 16.2. The molecule has 1 aromatic carbocycles. The van der Waals surface area contributed by atoms with E-state index in [1.54, 1.807) is 0 Å². The Kier molecular flexibility index (Phi) is 12.2. The number of benzene rings is 1. The van der Waals surface area contributed by atoms with E-state index in [4.69, 9.17) is 0 Å². The van der Waals surface area contributed by atoms with Gasteiger partial charge in [-0.05, 0) is 24.0 Å². The average molecular weight is 361 g/mol. The van der Waals surface area contributed by atoms with Crippen molar-refractivity contribution in [2.24, 2.45) is 0 Å². The fraction of sp³-hybridized carbons (Fsp3) is 0.636. The molecule has 1 rings (SSSR count). The fourth-order valence-electron chi connectivity index (χ4n) is 2.83. The number of unbranched alkanes of at least 4 members (excludes halogenated alkanes) is 6. The standard InChI is InChI=1S/C22H36N2O2/c1-3-5-7-9-15-23-21(25)17-19-11-13-20(14-12-19)18-22(26)24-16-10-8-6-4-2/h11-14H,3-10,15-18H2,1-2H3,(H,23,25)(H,24,26). The molecule has 0 aliphatic heterocycles. The van der Waals surface area contributed by atoms with Crippen LogP contribution in [-0.4, -0.2) is 24.9 Å². The number of amides is 2. The van der Waals surface area contributed by atoms with Crippen LogP contribution in [0.5, 0.6) is 0 Å². The predicted molar refractivity (Wildman–Crippen MR) is 108 cm³/mol. The number of hydrogen-bond donors (Lipinski definition) is 2. The molecule has 4 heteroatoms. The van der Waals surface area contributed by atoms with Crippen LogP contribution in [0.3, 0.4) is 0 Å². The molecule has 1 aromatic rings. The molecule has 0 heterocycles. The summed E-state index contributed by atoms with van der Waals surface area (Å²) in [5.41, 5.74) is 1.97. The molecule has 0 bridgehead atoms. The van der Waals surface area contributed by atoms with Gasteiger partial charge in [0.05, 0.1) is 12.8 Å². The van der Waals surface area contributed by atoms with Crippen molar-refractivity contribution < 1.29 is 9.59 Å². The molecular weight excluding hydrogens is 324 g/mol. The van der Waals surface area contributed by atoms with Gasteiger partial charge in [0.25, 0.3) is 0 Å². The largest absolute Gasteiger partial charge is 0.356 e. The zero-order valence-corrected chi connectivity index (χ0v) is 16.6. The molecule has 2 N–H and O–H groups in total.